The molecule has 0 heterocycles. The molecule has 3 heteroatoms. The van der Waals surface area contributed by atoms with Gasteiger partial charge in [0.05, 0.1) is 6.07 Å². The molecule has 0 aliphatic rings. The molecule has 1 rings (SSSR count). The predicted molar refractivity (Wildman–Crippen MR) is 58.0 cm³/mol. The molecular weight excluding hydrogens is 188 g/mol. The minimum atomic E-state index is -0.826. The average Bonchev–Trinajstić information content (AvgIpc) is 2.18. The summed E-state index contributed by atoms with van der Waals surface area (Å²) < 4.78 is 0. The van der Waals surface area contributed by atoms with E-state index in [4.69, 9.17) is 5.26 Å². The van der Waals surface area contributed by atoms with Crippen LogP contribution in [0, 0.1) is 11.3 Å². The lowest BCUT2D eigenvalue weighted by atomic mass is 9.94. The number of amides is 1. The fourth-order valence-electron chi connectivity index (χ4n) is 1.50. The zero-order valence-corrected chi connectivity index (χ0v) is 8.95. The van der Waals surface area contributed by atoms with E-state index in [0.717, 1.165) is 5.56 Å². The van der Waals surface area contributed by atoms with E-state index in [1.165, 1.54) is 6.92 Å². The Hall–Kier alpha value is -1.82. The monoisotopic (exact) mass is 202 g/mol. The van der Waals surface area contributed by atoms with Gasteiger partial charge in [0.15, 0.2) is 0 Å². The molecule has 0 unspecified atom stereocenters. The van der Waals surface area contributed by atoms with Crippen LogP contribution in [0.5, 0.6) is 0 Å². The molecule has 15 heavy (non-hydrogen) atoms. The molecule has 0 bridgehead atoms. The van der Waals surface area contributed by atoms with Gasteiger partial charge in [-0.15, -0.1) is 0 Å². The Bertz CT molecular complexity index is 380. The third-order valence-electron chi connectivity index (χ3n) is 2.10. The first kappa shape index (κ1) is 11.3. The maximum Gasteiger partial charge on any atom is 0.218 e. The van der Waals surface area contributed by atoms with Gasteiger partial charge in [-0.1, -0.05) is 30.3 Å². The van der Waals surface area contributed by atoms with Crippen molar-refractivity contribution >= 4 is 5.91 Å². The summed E-state index contributed by atoms with van der Waals surface area (Å²) in [6, 6.07) is 11.8. The Kier molecular flexibility index (Phi) is 3.46. The first-order valence-electron chi connectivity index (χ1n) is 4.80. The molecule has 0 fully saturated rings. The Balaban J connectivity index is 2.78. The molecule has 0 aromatic heterocycles. The molecule has 0 saturated carbocycles. The van der Waals surface area contributed by atoms with Crippen LogP contribution in [0.4, 0.5) is 0 Å². The van der Waals surface area contributed by atoms with Crippen molar-refractivity contribution in [3.63, 3.8) is 0 Å². The van der Waals surface area contributed by atoms with Gasteiger partial charge in [0.1, 0.15) is 5.54 Å². The van der Waals surface area contributed by atoms with Gasteiger partial charge in [-0.3, -0.25) is 4.79 Å². The number of nitriles is 1. The Morgan fingerprint density at radius 1 is 1.47 bits per heavy atom. The normalized spacial score (nSPS) is 13.7. The van der Waals surface area contributed by atoms with Crippen molar-refractivity contribution in [2.75, 3.05) is 0 Å². The number of carbonyl (C=O) groups excluding carboxylic acids is 1. The fraction of sp³-hybridized carbons (Fsp3) is 0.333. The first-order valence-corrected chi connectivity index (χ1v) is 4.80. The van der Waals surface area contributed by atoms with Crippen LogP contribution >= 0.6 is 0 Å². The van der Waals surface area contributed by atoms with E-state index in [1.807, 2.05) is 30.3 Å². The van der Waals surface area contributed by atoms with Gasteiger partial charge in [0, 0.05) is 13.3 Å². The van der Waals surface area contributed by atoms with E-state index < -0.39 is 5.54 Å². The van der Waals surface area contributed by atoms with Gasteiger partial charge in [-0.2, -0.15) is 5.26 Å². The summed E-state index contributed by atoms with van der Waals surface area (Å²) >= 11 is 0. The second-order valence-electron chi connectivity index (χ2n) is 3.79. The van der Waals surface area contributed by atoms with E-state index >= 15 is 0 Å². The van der Waals surface area contributed by atoms with Crippen molar-refractivity contribution in [3.05, 3.63) is 35.9 Å². The topological polar surface area (TPSA) is 52.9 Å². The Morgan fingerprint density at radius 3 is 2.53 bits per heavy atom. The summed E-state index contributed by atoms with van der Waals surface area (Å²) in [5.74, 6) is -0.185. The molecule has 1 aromatic carbocycles. The number of nitrogens with one attached hydrogen (secondary N) is 1. The van der Waals surface area contributed by atoms with Crippen LogP contribution in [0.25, 0.3) is 0 Å². The molecule has 0 aliphatic carbocycles. The molecule has 3 nitrogen and oxygen atoms in total. The van der Waals surface area contributed by atoms with Crippen LogP contribution in [0.15, 0.2) is 30.3 Å². The van der Waals surface area contributed by atoms with Gasteiger partial charge < -0.3 is 5.32 Å². The number of benzene rings is 1. The van der Waals surface area contributed by atoms with E-state index in [-0.39, 0.29) is 5.91 Å². The summed E-state index contributed by atoms with van der Waals surface area (Å²) in [6.45, 7) is 3.14. The lowest BCUT2D eigenvalue weighted by Gasteiger charge is -2.22. The van der Waals surface area contributed by atoms with Gasteiger partial charge in [-0.05, 0) is 12.5 Å². The third-order valence-corrected chi connectivity index (χ3v) is 2.10. The molecule has 78 valence electrons. The molecule has 0 spiro atoms. The second-order valence-corrected chi connectivity index (χ2v) is 3.79. The largest absolute Gasteiger partial charge is 0.338 e. The Morgan fingerprint density at radius 2 is 2.07 bits per heavy atom. The quantitative estimate of drug-likeness (QED) is 0.810. The highest BCUT2D eigenvalue weighted by molar-refractivity contribution is 5.74. The van der Waals surface area contributed by atoms with Crippen LogP contribution in [-0.2, 0) is 11.2 Å². The van der Waals surface area contributed by atoms with Crippen LogP contribution in [0.1, 0.15) is 19.4 Å². The standard InChI is InChI=1S/C12H14N2O/c1-10(15)14-12(2,9-13)8-11-6-4-3-5-7-11/h3-7H,8H2,1-2H3,(H,14,15)/t12-/m0/s1. The molecule has 1 aromatic rings. The number of nitrogens with zero attached hydrogens (tertiary/aromatic N) is 1. The lowest BCUT2D eigenvalue weighted by Crippen LogP contribution is -2.45. The number of rotatable bonds is 3. The van der Waals surface area contributed by atoms with Crippen LogP contribution in [0.3, 0.4) is 0 Å². The van der Waals surface area contributed by atoms with E-state index in [0.29, 0.717) is 6.42 Å². The van der Waals surface area contributed by atoms with Crippen molar-refractivity contribution in [1.82, 2.24) is 5.32 Å². The fourth-order valence-corrected chi connectivity index (χ4v) is 1.50. The summed E-state index contributed by atoms with van der Waals surface area (Å²) in [7, 11) is 0. The maximum absolute atomic E-state index is 10.9. The number of hydrogen-bond donors (Lipinski definition) is 1. The van der Waals surface area contributed by atoms with Gasteiger partial charge in [0.25, 0.3) is 0 Å². The third kappa shape index (κ3) is 3.43. The van der Waals surface area contributed by atoms with Gasteiger partial charge >= 0.3 is 0 Å². The average molecular weight is 202 g/mol. The van der Waals surface area contributed by atoms with Gasteiger partial charge in [0.2, 0.25) is 5.91 Å². The van der Waals surface area contributed by atoms with E-state index in [2.05, 4.69) is 11.4 Å². The summed E-state index contributed by atoms with van der Waals surface area (Å²) in [5.41, 5.74) is 0.211. The second kappa shape index (κ2) is 4.61. The summed E-state index contributed by atoms with van der Waals surface area (Å²) in [4.78, 5) is 10.9. The molecule has 0 aliphatic heterocycles. The van der Waals surface area contributed by atoms with E-state index in [1.54, 1.807) is 6.92 Å². The smallest absolute Gasteiger partial charge is 0.218 e. The van der Waals surface area contributed by atoms with Crippen LogP contribution in [-0.4, -0.2) is 11.4 Å². The molecule has 0 saturated heterocycles. The zero-order valence-electron chi connectivity index (χ0n) is 8.95. The molecule has 1 amide bonds. The maximum atomic E-state index is 10.9. The van der Waals surface area contributed by atoms with Crippen LogP contribution in [0.2, 0.25) is 0 Å². The van der Waals surface area contributed by atoms with Crippen LogP contribution < -0.4 is 5.32 Å². The lowest BCUT2D eigenvalue weighted by molar-refractivity contribution is -0.120. The molecule has 1 N–H and O–H groups in total. The van der Waals surface area contributed by atoms with E-state index in [9.17, 15) is 4.79 Å². The summed E-state index contributed by atoms with van der Waals surface area (Å²) in [5, 5.41) is 11.7. The van der Waals surface area contributed by atoms with Crippen molar-refractivity contribution in [3.8, 4) is 6.07 Å². The first-order chi connectivity index (χ1) is 7.06. The minimum Gasteiger partial charge on any atom is -0.338 e. The number of carbonyl (C=O) groups is 1. The summed E-state index contributed by atoms with van der Waals surface area (Å²) in [6.07, 6.45) is 0.518. The minimum absolute atomic E-state index is 0.185. The highest BCUT2D eigenvalue weighted by atomic mass is 16.1. The molecular formula is C12H14N2O. The highest BCUT2D eigenvalue weighted by Crippen LogP contribution is 2.12. The van der Waals surface area contributed by atoms with Crippen molar-refractivity contribution in [1.29, 1.82) is 5.26 Å². The van der Waals surface area contributed by atoms with Crippen molar-refractivity contribution < 1.29 is 4.79 Å². The molecule has 0 radical (unpaired) electrons. The van der Waals surface area contributed by atoms with Gasteiger partial charge in [-0.25, -0.2) is 0 Å². The highest BCUT2D eigenvalue weighted by Gasteiger charge is 2.24. The Labute approximate surface area is 89.7 Å². The molecule has 1 atom stereocenters. The van der Waals surface area contributed by atoms with Crippen molar-refractivity contribution in [2.24, 2.45) is 0 Å². The SMILES string of the molecule is CC(=O)N[C@](C)(C#N)Cc1ccccc1. The number of hydrogen-bond acceptors (Lipinski definition) is 2. The predicted octanol–water partition coefficient (Wildman–Crippen LogP) is 1.65. The van der Waals surface area contributed by atoms with Crippen molar-refractivity contribution in [2.45, 2.75) is 25.8 Å². The zero-order chi connectivity index (χ0) is 11.3.